The van der Waals surface area contributed by atoms with Crippen LogP contribution in [0, 0.1) is 5.92 Å². The van der Waals surface area contributed by atoms with Crippen molar-refractivity contribution in [2.75, 3.05) is 0 Å². The molecule has 0 aliphatic rings. The Labute approximate surface area is 212 Å². The zero-order chi connectivity index (χ0) is 28.6. The number of halogens is 6. The number of carbonyl (C=O) groups is 3. The Morgan fingerprint density at radius 1 is 0.842 bits per heavy atom. The monoisotopic (exact) mass is 543 g/mol. The predicted octanol–water partition coefficient (Wildman–Crippen LogP) is 6.21. The third kappa shape index (κ3) is 6.05. The van der Waals surface area contributed by atoms with Crippen molar-refractivity contribution in [2.24, 2.45) is 5.92 Å². The molecule has 0 amide bonds. The zero-order valence-electron chi connectivity index (χ0n) is 20.7. The van der Waals surface area contributed by atoms with E-state index in [0.29, 0.717) is 6.07 Å². The van der Waals surface area contributed by atoms with Crippen molar-refractivity contribution in [3.63, 3.8) is 0 Å². The van der Waals surface area contributed by atoms with Crippen LogP contribution in [0.1, 0.15) is 49.2 Å². The average molecular weight is 543 g/mol. The number of hydrogen-bond acceptors (Lipinski definition) is 6. The van der Waals surface area contributed by atoms with E-state index in [1.165, 1.54) is 52.0 Å². The van der Waals surface area contributed by atoms with Crippen LogP contribution in [0.5, 0.6) is 0 Å². The highest BCUT2D eigenvalue weighted by Crippen LogP contribution is 2.41. The Hall–Kier alpha value is -3.70. The zero-order valence-corrected chi connectivity index (χ0v) is 20.7. The first-order valence-electron chi connectivity index (χ1n) is 11.4. The van der Waals surface area contributed by atoms with Crippen LogP contribution >= 0.6 is 0 Å². The van der Waals surface area contributed by atoms with Crippen LogP contribution in [0.4, 0.5) is 26.3 Å². The van der Waals surface area contributed by atoms with Gasteiger partial charge in [-0.05, 0) is 51.1 Å². The summed E-state index contributed by atoms with van der Waals surface area (Å²) >= 11 is 0. The Kier molecular flexibility index (Phi) is 8.04. The molecular weight excluding hydrogens is 520 g/mol. The van der Waals surface area contributed by atoms with Crippen molar-refractivity contribution in [1.29, 1.82) is 0 Å². The number of aromatic nitrogens is 1. The molecule has 0 saturated carbocycles. The number of rotatable bonds is 7. The van der Waals surface area contributed by atoms with Gasteiger partial charge in [-0.15, -0.1) is 0 Å². The van der Waals surface area contributed by atoms with Gasteiger partial charge in [-0.3, -0.25) is 19.4 Å². The third-order valence-corrected chi connectivity index (χ3v) is 5.44. The lowest BCUT2D eigenvalue weighted by Crippen LogP contribution is -2.33. The summed E-state index contributed by atoms with van der Waals surface area (Å²) in [7, 11) is 0. The molecule has 38 heavy (non-hydrogen) atoms. The quantitative estimate of drug-likeness (QED) is 0.116. The molecule has 0 fully saturated rings. The minimum absolute atomic E-state index is 0.107. The Bertz CT molecular complexity index is 1370. The summed E-state index contributed by atoms with van der Waals surface area (Å²) in [5.41, 5.74) is -3.37. The van der Waals surface area contributed by atoms with Gasteiger partial charge in [0, 0.05) is 22.5 Å². The molecule has 1 aromatic heterocycles. The fraction of sp³-hybridized carbons (Fsp3) is 0.385. The molecule has 0 saturated heterocycles. The van der Waals surface area contributed by atoms with Crippen molar-refractivity contribution in [2.45, 2.75) is 58.7 Å². The first-order valence-corrected chi connectivity index (χ1v) is 11.4. The first kappa shape index (κ1) is 28.9. The van der Waals surface area contributed by atoms with E-state index in [9.17, 15) is 40.7 Å². The SMILES string of the molecule is CC(C)OC(=O)C(Cc1cnc2c(cc(C(=O)C(F)(F)F)c3ccccc32)c1C(F)(F)F)C(=O)OC(C)C. The number of alkyl halides is 6. The lowest BCUT2D eigenvalue weighted by atomic mass is 9.90. The molecule has 3 aromatic rings. The molecule has 0 unspecified atom stereocenters. The third-order valence-electron chi connectivity index (χ3n) is 5.44. The summed E-state index contributed by atoms with van der Waals surface area (Å²) in [6.45, 7) is 5.91. The van der Waals surface area contributed by atoms with Crippen molar-refractivity contribution < 1.29 is 50.2 Å². The normalized spacial score (nSPS) is 12.6. The molecule has 0 aliphatic heterocycles. The number of benzene rings is 2. The molecule has 6 nitrogen and oxygen atoms in total. The maximum atomic E-state index is 14.5. The van der Waals surface area contributed by atoms with E-state index < -0.39 is 76.7 Å². The molecule has 3 rings (SSSR count). The number of nitrogens with zero attached hydrogens (tertiary/aromatic N) is 1. The maximum absolute atomic E-state index is 14.5. The van der Waals surface area contributed by atoms with Gasteiger partial charge in [0.2, 0.25) is 0 Å². The average Bonchev–Trinajstić information content (AvgIpc) is 2.78. The number of ketones is 1. The summed E-state index contributed by atoms with van der Waals surface area (Å²) in [6.07, 6.45) is -12.0. The van der Waals surface area contributed by atoms with Crippen LogP contribution < -0.4 is 0 Å². The van der Waals surface area contributed by atoms with Gasteiger partial charge in [-0.25, -0.2) is 0 Å². The maximum Gasteiger partial charge on any atom is 0.454 e. The van der Waals surface area contributed by atoms with Crippen LogP contribution in [0.2, 0.25) is 0 Å². The second kappa shape index (κ2) is 10.6. The second-order valence-corrected chi connectivity index (χ2v) is 9.08. The fourth-order valence-corrected chi connectivity index (χ4v) is 4.01. The molecule has 0 atom stereocenters. The lowest BCUT2D eigenvalue weighted by Gasteiger charge is -2.21. The van der Waals surface area contributed by atoms with Gasteiger partial charge in [-0.1, -0.05) is 24.3 Å². The molecule has 12 heteroatoms. The number of fused-ring (bicyclic) bond motifs is 3. The van der Waals surface area contributed by atoms with E-state index >= 15 is 0 Å². The van der Waals surface area contributed by atoms with Crippen LogP contribution in [0.25, 0.3) is 21.7 Å². The molecule has 0 aliphatic carbocycles. The molecule has 0 radical (unpaired) electrons. The van der Waals surface area contributed by atoms with E-state index in [0.717, 1.165) is 6.20 Å². The Morgan fingerprint density at radius 2 is 1.37 bits per heavy atom. The number of ether oxygens (including phenoxy) is 2. The van der Waals surface area contributed by atoms with Crippen LogP contribution in [0.3, 0.4) is 0 Å². The van der Waals surface area contributed by atoms with Crippen molar-refractivity contribution in [3.8, 4) is 0 Å². The van der Waals surface area contributed by atoms with Gasteiger partial charge in [0.15, 0.2) is 5.92 Å². The minimum Gasteiger partial charge on any atom is -0.462 e. The van der Waals surface area contributed by atoms with Gasteiger partial charge in [0.05, 0.1) is 23.3 Å². The highest BCUT2D eigenvalue weighted by atomic mass is 19.4. The summed E-state index contributed by atoms with van der Waals surface area (Å²) < 4.78 is 93.5. The lowest BCUT2D eigenvalue weighted by molar-refractivity contribution is -0.166. The number of pyridine rings is 1. The van der Waals surface area contributed by atoms with Crippen molar-refractivity contribution in [1.82, 2.24) is 4.98 Å². The van der Waals surface area contributed by atoms with E-state index in [2.05, 4.69) is 4.98 Å². The van der Waals surface area contributed by atoms with Crippen LogP contribution in [-0.4, -0.2) is 41.1 Å². The number of Topliss-reactive ketones (excluding diaryl/α,β-unsaturated/α-hetero) is 1. The summed E-state index contributed by atoms with van der Waals surface area (Å²) in [5.74, 6) is -6.40. The van der Waals surface area contributed by atoms with E-state index in [1.807, 2.05) is 0 Å². The van der Waals surface area contributed by atoms with Gasteiger partial charge in [0.1, 0.15) is 0 Å². The van der Waals surface area contributed by atoms with Crippen molar-refractivity contribution >= 4 is 39.4 Å². The van der Waals surface area contributed by atoms with E-state index in [-0.39, 0.29) is 16.3 Å². The smallest absolute Gasteiger partial charge is 0.454 e. The highest BCUT2D eigenvalue weighted by molar-refractivity contribution is 6.18. The number of esters is 2. The first-order chi connectivity index (χ1) is 17.5. The molecule has 2 aromatic carbocycles. The summed E-state index contributed by atoms with van der Waals surface area (Å²) in [5, 5.41) is -1.12. The second-order valence-electron chi connectivity index (χ2n) is 9.08. The minimum atomic E-state index is -5.35. The van der Waals surface area contributed by atoms with Crippen LogP contribution in [-0.2, 0) is 31.7 Å². The highest BCUT2D eigenvalue weighted by Gasteiger charge is 2.43. The summed E-state index contributed by atoms with van der Waals surface area (Å²) in [6, 6.07) is 5.65. The molecule has 0 spiro atoms. The molecule has 204 valence electrons. The number of carbonyl (C=O) groups excluding carboxylic acids is 3. The van der Waals surface area contributed by atoms with Crippen molar-refractivity contribution in [3.05, 3.63) is 53.2 Å². The van der Waals surface area contributed by atoms with E-state index in [4.69, 9.17) is 9.47 Å². The molecule has 1 heterocycles. The van der Waals surface area contributed by atoms with Gasteiger partial charge in [-0.2, -0.15) is 26.3 Å². The largest absolute Gasteiger partial charge is 0.462 e. The Morgan fingerprint density at radius 3 is 1.84 bits per heavy atom. The molecule has 0 bridgehead atoms. The van der Waals surface area contributed by atoms with Gasteiger partial charge >= 0.3 is 24.3 Å². The Balaban J connectivity index is 2.33. The van der Waals surface area contributed by atoms with E-state index in [1.54, 1.807) is 0 Å². The van der Waals surface area contributed by atoms with Crippen LogP contribution in [0.15, 0.2) is 36.5 Å². The van der Waals surface area contributed by atoms with Gasteiger partial charge in [0.25, 0.3) is 5.78 Å². The fourth-order valence-electron chi connectivity index (χ4n) is 4.01. The predicted molar refractivity (Wildman–Crippen MR) is 124 cm³/mol. The molecular formula is C26H23F6NO5. The van der Waals surface area contributed by atoms with Gasteiger partial charge < -0.3 is 9.47 Å². The summed E-state index contributed by atoms with van der Waals surface area (Å²) in [4.78, 5) is 41.5. The number of hydrogen-bond donors (Lipinski definition) is 0. The topological polar surface area (TPSA) is 82.6 Å². The molecule has 0 N–H and O–H groups in total. The standard InChI is InChI=1S/C26H23F6NO5/c1-12(2)37-23(35)19(24(36)38-13(3)4)9-14-11-33-21-16-8-6-5-7-15(16)17(22(34)26(30,31)32)10-18(21)20(14)25(27,28)29/h5-8,10-13,19H,9H2,1-4H3.